The van der Waals surface area contributed by atoms with Crippen molar-refractivity contribution in [2.75, 3.05) is 6.61 Å². The second-order valence-corrected chi connectivity index (χ2v) is 2.65. The zero-order valence-corrected chi connectivity index (χ0v) is 7.13. The maximum absolute atomic E-state index is 11.7. The van der Waals surface area contributed by atoms with E-state index in [9.17, 15) is 8.78 Å². The van der Waals surface area contributed by atoms with Crippen LogP contribution in [0.1, 0.15) is 5.56 Å². The number of hydrogen-bond donors (Lipinski definition) is 1. The van der Waals surface area contributed by atoms with Gasteiger partial charge in [-0.25, -0.2) is 8.78 Å². The highest BCUT2D eigenvalue weighted by Gasteiger charge is 2.04. The molecular weight excluding hydrogens is 178 g/mol. The maximum atomic E-state index is 11.7. The third kappa shape index (κ3) is 2.89. The van der Waals surface area contributed by atoms with Crippen LogP contribution in [0.4, 0.5) is 8.78 Å². The molecule has 0 radical (unpaired) electrons. The molecule has 0 spiro atoms. The van der Waals surface area contributed by atoms with Crippen LogP contribution < -0.4 is 4.74 Å². The molecule has 72 valence electrons. The molecule has 0 saturated carbocycles. The van der Waals surface area contributed by atoms with Crippen molar-refractivity contribution >= 4 is 0 Å². The normalized spacial score (nSPS) is 10.5. The number of ether oxygens (including phenoxy) is 1. The Morgan fingerprint density at radius 3 is 2.69 bits per heavy atom. The Kier molecular flexibility index (Phi) is 3.06. The topological polar surface area (TPSA) is 29.5 Å². The van der Waals surface area contributed by atoms with E-state index < -0.39 is 13.0 Å². The van der Waals surface area contributed by atoms with Crippen molar-refractivity contribution < 1.29 is 18.6 Å². The fourth-order valence-corrected chi connectivity index (χ4v) is 0.877. The van der Waals surface area contributed by atoms with Crippen LogP contribution in [0.3, 0.4) is 0 Å². The monoisotopic (exact) mass is 188 g/mol. The van der Waals surface area contributed by atoms with Gasteiger partial charge < -0.3 is 9.84 Å². The summed E-state index contributed by atoms with van der Waals surface area (Å²) in [5.41, 5.74) is 0.603. The smallest absolute Gasteiger partial charge is 0.272 e. The highest BCUT2D eigenvalue weighted by atomic mass is 19.3. The number of hydrogen-bond acceptors (Lipinski definition) is 2. The SMILES string of the molecule is Cc1cc(OCC(F)F)ccc1O. The molecule has 4 heteroatoms. The first kappa shape index (κ1) is 9.77. The van der Waals surface area contributed by atoms with E-state index >= 15 is 0 Å². The second-order valence-electron chi connectivity index (χ2n) is 2.65. The van der Waals surface area contributed by atoms with Crippen molar-refractivity contribution in [2.45, 2.75) is 13.3 Å². The van der Waals surface area contributed by atoms with Gasteiger partial charge in [-0.3, -0.25) is 0 Å². The van der Waals surface area contributed by atoms with Gasteiger partial charge >= 0.3 is 0 Å². The Morgan fingerprint density at radius 2 is 2.15 bits per heavy atom. The van der Waals surface area contributed by atoms with E-state index in [0.29, 0.717) is 11.3 Å². The molecule has 13 heavy (non-hydrogen) atoms. The van der Waals surface area contributed by atoms with Crippen molar-refractivity contribution in [3.8, 4) is 11.5 Å². The van der Waals surface area contributed by atoms with E-state index in [0.717, 1.165) is 0 Å². The molecule has 0 bridgehead atoms. The summed E-state index contributed by atoms with van der Waals surface area (Å²) in [4.78, 5) is 0. The quantitative estimate of drug-likeness (QED) is 0.788. The number of benzene rings is 1. The number of aryl methyl sites for hydroxylation is 1. The molecule has 0 aromatic heterocycles. The average Bonchev–Trinajstić information content (AvgIpc) is 2.07. The van der Waals surface area contributed by atoms with Crippen molar-refractivity contribution in [3.63, 3.8) is 0 Å². The number of halogens is 2. The molecule has 2 nitrogen and oxygen atoms in total. The van der Waals surface area contributed by atoms with E-state index in [4.69, 9.17) is 9.84 Å². The first-order valence-electron chi connectivity index (χ1n) is 3.80. The van der Waals surface area contributed by atoms with Crippen LogP contribution in [-0.4, -0.2) is 18.1 Å². The minimum Gasteiger partial charge on any atom is -0.508 e. The van der Waals surface area contributed by atoms with Crippen molar-refractivity contribution in [1.29, 1.82) is 0 Å². The lowest BCUT2D eigenvalue weighted by atomic mass is 10.2. The summed E-state index contributed by atoms with van der Waals surface area (Å²) in [6.45, 7) is 1.05. The van der Waals surface area contributed by atoms with Crippen LogP contribution in [-0.2, 0) is 0 Å². The van der Waals surface area contributed by atoms with Gasteiger partial charge in [0, 0.05) is 0 Å². The molecule has 0 amide bonds. The number of alkyl halides is 2. The van der Waals surface area contributed by atoms with Crippen LogP contribution in [0.2, 0.25) is 0 Å². The Balaban J connectivity index is 2.63. The van der Waals surface area contributed by atoms with Gasteiger partial charge in [0.2, 0.25) is 0 Å². The summed E-state index contributed by atoms with van der Waals surface area (Å²) in [7, 11) is 0. The molecule has 1 aromatic carbocycles. The van der Waals surface area contributed by atoms with Gasteiger partial charge in [0.25, 0.3) is 6.43 Å². The second kappa shape index (κ2) is 4.07. The summed E-state index contributed by atoms with van der Waals surface area (Å²) >= 11 is 0. The molecule has 0 atom stereocenters. The molecule has 0 unspecified atom stereocenters. The Labute approximate surface area is 74.8 Å². The minimum atomic E-state index is -2.48. The molecule has 0 aliphatic carbocycles. The maximum Gasteiger partial charge on any atom is 0.272 e. The van der Waals surface area contributed by atoms with Gasteiger partial charge in [-0.15, -0.1) is 0 Å². The van der Waals surface area contributed by atoms with Crippen LogP contribution in [0, 0.1) is 6.92 Å². The molecule has 1 N–H and O–H groups in total. The Hall–Kier alpha value is -1.32. The number of rotatable bonds is 3. The van der Waals surface area contributed by atoms with Crippen LogP contribution in [0.5, 0.6) is 11.5 Å². The van der Waals surface area contributed by atoms with Crippen LogP contribution >= 0.6 is 0 Å². The minimum absolute atomic E-state index is 0.129. The Bertz CT molecular complexity index is 287. The zero-order chi connectivity index (χ0) is 9.84. The van der Waals surface area contributed by atoms with Crippen LogP contribution in [0.15, 0.2) is 18.2 Å². The van der Waals surface area contributed by atoms with Gasteiger partial charge in [0.1, 0.15) is 18.1 Å². The molecule has 0 aliphatic heterocycles. The predicted molar refractivity (Wildman–Crippen MR) is 44.3 cm³/mol. The van der Waals surface area contributed by atoms with Crippen molar-refractivity contribution in [1.82, 2.24) is 0 Å². The standard InChI is InChI=1S/C9H10F2O2/c1-6-4-7(2-3-8(6)12)13-5-9(10)11/h2-4,9,12H,5H2,1H3. The number of phenolic OH excluding ortho intramolecular Hbond substituents is 1. The summed E-state index contributed by atoms with van der Waals surface area (Å²) < 4.78 is 28.2. The van der Waals surface area contributed by atoms with E-state index in [1.54, 1.807) is 6.92 Å². The largest absolute Gasteiger partial charge is 0.508 e. The number of phenols is 1. The lowest BCUT2D eigenvalue weighted by Gasteiger charge is -2.06. The van der Waals surface area contributed by atoms with Gasteiger partial charge in [0.15, 0.2) is 0 Å². The molecule has 0 aliphatic rings. The fraction of sp³-hybridized carbons (Fsp3) is 0.333. The number of aromatic hydroxyl groups is 1. The molecule has 1 aromatic rings. The lowest BCUT2D eigenvalue weighted by Crippen LogP contribution is -2.06. The van der Waals surface area contributed by atoms with Crippen LogP contribution in [0.25, 0.3) is 0 Å². The molecule has 0 saturated heterocycles. The Morgan fingerprint density at radius 1 is 1.46 bits per heavy atom. The predicted octanol–water partition coefficient (Wildman–Crippen LogP) is 2.34. The molecule has 1 rings (SSSR count). The average molecular weight is 188 g/mol. The molecule has 0 heterocycles. The molecular formula is C9H10F2O2. The highest BCUT2D eigenvalue weighted by molar-refractivity contribution is 5.38. The van der Waals surface area contributed by atoms with E-state index in [-0.39, 0.29) is 5.75 Å². The first-order valence-corrected chi connectivity index (χ1v) is 3.80. The third-order valence-corrected chi connectivity index (χ3v) is 1.54. The van der Waals surface area contributed by atoms with Gasteiger partial charge in [-0.05, 0) is 30.7 Å². The summed E-state index contributed by atoms with van der Waals surface area (Å²) in [6, 6.07) is 4.37. The first-order chi connectivity index (χ1) is 6.09. The van der Waals surface area contributed by atoms with E-state index in [1.807, 2.05) is 0 Å². The third-order valence-electron chi connectivity index (χ3n) is 1.54. The lowest BCUT2D eigenvalue weighted by molar-refractivity contribution is 0.0818. The van der Waals surface area contributed by atoms with E-state index in [2.05, 4.69) is 0 Å². The van der Waals surface area contributed by atoms with Gasteiger partial charge in [-0.1, -0.05) is 0 Å². The van der Waals surface area contributed by atoms with Gasteiger partial charge in [0.05, 0.1) is 0 Å². The zero-order valence-electron chi connectivity index (χ0n) is 7.13. The highest BCUT2D eigenvalue weighted by Crippen LogP contribution is 2.21. The summed E-state index contributed by atoms with van der Waals surface area (Å²) in [5, 5.41) is 9.12. The molecule has 0 fully saturated rings. The summed E-state index contributed by atoms with van der Waals surface area (Å²) in [6.07, 6.45) is -2.48. The van der Waals surface area contributed by atoms with Crippen molar-refractivity contribution in [2.24, 2.45) is 0 Å². The van der Waals surface area contributed by atoms with Gasteiger partial charge in [-0.2, -0.15) is 0 Å². The fourth-order valence-electron chi connectivity index (χ4n) is 0.877. The summed E-state index contributed by atoms with van der Waals surface area (Å²) in [5.74, 6) is 0.472. The van der Waals surface area contributed by atoms with Crippen molar-refractivity contribution in [3.05, 3.63) is 23.8 Å². The van der Waals surface area contributed by atoms with E-state index in [1.165, 1.54) is 18.2 Å².